The monoisotopic (exact) mass is 182 g/mol. The normalized spacial score (nSPS) is 44.5. The van der Waals surface area contributed by atoms with Gasteiger partial charge in [0.25, 0.3) is 0 Å². The molecule has 1 aliphatic carbocycles. The van der Waals surface area contributed by atoms with Crippen molar-refractivity contribution in [3.8, 4) is 0 Å². The average molecular weight is 182 g/mol. The van der Waals surface area contributed by atoms with E-state index >= 15 is 0 Å². The second kappa shape index (κ2) is 3.41. The van der Waals surface area contributed by atoms with Crippen LogP contribution < -0.4 is 0 Å². The van der Waals surface area contributed by atoms with Crippen LogP contribution in [0.1, 0.15) is 39.5 Å². The van der Waals surface area contributed by atoms with E-state index in [0.29, 0.717) is 17.8 Å². The van der Waals surface area contributed by atoms with E-state index in [1.54, 1.807) is 6.92 Å². The molecule has 1 saturated heterocycles. The SMILES string of the molecule is CC(=O)[C@@H]1C2CCCCC2O[C@@H]1C. The molecule has 2 aliphatic rings. The molecule has 1 heterocycles. The number of carbonyl (C=O) groups is 1. The Hall–Kier alpha value is -0.370. The van der Waals surface area contributed by atoms with Gasteiger partial charge in [0.05, 0.1) is 12.2 Å². The van der Waals surface area contributed by atoms with Gasteiger partial charge in [-0.15, -0.1) is 0 Å². The fourth-order valence-corrected chi connectivity index (χ4v) is 3.05. The molecule has 2 heteroatoms. The van der Waals surface area contributed by atoms with E-state index in [1.807, 2.05) is 6.92 Å². The van der Waals surface area contributed by atoms with Crippen LogP contribution in [0.15, 0.2) is 0 Å². The number of rotatable bonds is 1. The first kappa shape index (κ1) is 9.20. The van der Waals surface area contributed by atoms with Gasteiger partial charge < -0.3 is 4.74 Å². The lowest BCUT2D eigenvalue weighted by Crippen LogP contribution is -2.29. The molecule has 0 aromatic rings. The molecule has 2 nitrogen and oxygen atoms in total. The highest BCUT2D eigenvalue weighted by Gasteiger charge is 2.45. The number of Topliss-reactive ketones (excluding diaryl/α,β-unsaturated/α-hetero) is 1. The van der Waals surface area contributed by atoms with Crippen molar-refractivity contribution >= 4 is 5.78 Å². The first-order chi connectivity index (χ1) is 6.20. The lowest BCUT2D eigenvalue weighted by atomic mass is 9.77. The van der Waals surface area contributed by atoms with Gasteiger partial charge in [-0.1, -0.05) is 12.8 Å². The molecule has 2 unspecified atom stereocenters. The van der Waals surface area contributed by atoms with E-state index in [4.69, 9.17) is 4.74 Å². The fourth-order valence-electron chi connectivity index (χ4n) is 3.05. The molecule has 0 amide bonds. The van der Waals surface area contributed by atoms with Gasteiger partial charge in [0.15, 0.2) is 0 Å². The maximum atomic E-state index is 11.4. The van der Waals surface area contributed by atoms with Crippen LogP contribution in [0.25, 0.3) is 0 Å². The number of fused-ring (bicyclic) bond motifs is 1. The zero-order chi connectivity index (χ0) is 9.42. The summed E-state index contributed by atoms with van der Waals surface area (Å²) in [7, 11) is 0. The number of hydrogen-bond acceptors (Lipinski definition) is 2. The van der Waals surface area contributed by atoms with Crippen molar-refractivity contribution in [2.45, 2.75) is 51.7 Å². The summed E-state index contributed by atoms with van der Waals surface area (Å²) in [6.07, 6.45) is 5.46. The third-order valence-electron chi connectivity index (χ3n) is 3.58. The lowest BCUT2D eigenvalue weighted by molar-refractivity contribution is -0.123. The summed E-state index contributed by atoms with van der Waals surface area (Å²) in [4.78, 5) is 11.4. The van der Waals surface area contributed by atoms with E-state index in [2.05, 4.69) is 0 Å². The van der Waals surface area contributed by atoms with Gasteiger partial charge in [-0.2, -0.15) is 0 Å². The minimum absolute atomic E-state index is 0.158. The summed E-state index contributed by atoms with van der Waals surface area (Å²) in [5, 5.41) is 0. The predicted molar refractivity (Wildman–Crippen MR) is 50.5 cm³/mol. The van der Waals surface area contributed by atoms with Crippen LogP contribution in [0.4, 0.5) is 0 Å². The Balaban J connectivity index is 2.13. The maximum Gasteiger partial charge on any atom is 0.135 e. The molecule has 0 aromatic carbocycles. The van der Waals surface area contributed by atoms with Gasteiger partial charge in [-0.25, -0.2) is 0 Å². The summed E-state index contributed by atoms with van der Waals surface area (Å²) in [5.41, 5.74) is 0. The minimum atomic E-state index is 0.158. The van der Waals surface area contributed by atoms with Crippen LogP contribution in [0.5, 0.6) is 0 Å². The standard InChI is InChI=1S/C11H18O2/c1-7(12)11-8(2)13-10-6-4-3-5-9(10)11/h8-11H,3-6H2,1-2H3/t8-,9?,10?,11+/m1/s1. The van der Waals surface area contributed by atoms with Crippen molar-refractivity contribution in [2.75, 3.05) is 0 Å². The van der Waals surface area contributed by atoms with Crippen molar-refractivity contribution in [1.29, 1.82) is 0 Å². The highest BCUT2D eigenvalue weighted by atomic mass is 16.5. The quantitative estimate of drug-likeness (QED) is 0.621. The van der Waals surface area contributed by atoms with E-state index in [0.717, 1.165) is 0 Å². The van der Waals surface area contributed by atoms with Crippen LogP contribution in [-0.4, -0.2) is 18.0 Å². The van der Waals surface area contributed by atoms with Crippen molar-refractivity contribution in [2.24, 2.45) is 11.8 Å². The predicted octanol–water partition coefficient (Wildman–Crippen LogP) is 2.17. The van der Waals surface area contributed by atoms with Crippen LogP contribution in [0, 0.1) is 11.8 Å². The Morgan fingerprint density at radius 3 is 2.69 bits per heavy atom. The van der Waals surface area contributed by atoms with Gasteiger partial charge in [0.2, 0.25) is 0 Å². The smallest absolute Gasteiger partial charge is 0.135 e. The number of ketones is 1. The molecular formula is C11H18O2. The molecule has 0 spiro atoms. The van der Waals surface area contributed by atoms with E-state index < -0.39 is 0 Å². The topological polar surface area (TPSA) is 26.3 Å². The van der Waals surface area contributed by atoms with Crippen LogP contribution in [0.2, 0.25) is 0 Å². The first-order valence-corrected chi connectivity index (χ1v) is 5.36. The van der Waals surface area contributed by atoms with Gasteiger partial charge in [-0.3, -0.25) is 4.79 Å². The van der Waals surface area contributed by atoms with E-state index in [9.17, 15) is 4.79 Å². The van der Waals surface area contributed by atoms with Crippen LogP contribution >= 0.6 is 0 Å². The Kier molecular flexibility index (Phi) is 2.41. The largest absolute Gasteiger partial charge is 0.374 e. The van der Waals surface area contributed by atoms with E-state index in [-0.39, 0.29) is 12.0 Å². The molecule has 74 valence electrons. The molecule has 4 atom stereocenters. The molecule has 0 bridgehead atoms. The molecule has 2 fully saturated rings. The summed E-state index contributed by atoms with van der Waals surface area (Å²) >= 11 is 0. The zero-order valence-electron chi connectivity index (χ0n) is 8.45. The second-order valence-electron chi connectivity index (χ2n) is 4.46. The fraction of sp³-hybridized carbons (Fsp3) is 0.909. The highest BCUT2D eigenvalue weighted by Crippen LogP contribution is 2.41. The zero-order valence-corrected chi connectivity index (χ0v) is 8.45. The van der Waals surface area contributed by atoms with Crippen molar-refractivity contribution < 1.29 is 9.53 Å². The van der Waals surface area contributed by atoms with Gasteiger partial charge in [0.1, 0.15) is 5.78 Å². The highest BCUT2D eigenvalue weighted by molar-refractivity contribution is 5.79. The maximum absolute atomic E-state index is 11.4. The molecular weight excluding hydrogens is 164 g/mol. The molecule has 0 N–H and O–H groups in total. The second-order valence-corrected chi connectivity index (χ2v) is 4.46. The summed E-state index contributed by atoms with van der Waals surface area (Å²) < 4.78 is 5.82. The van der Waals surface area contributed by atoms with Crippen molar-refractivity contribution in [3.63, 3.8) is 0 Å². The van der Waals surface area contributed by atoms with E-state index in [1.165, 1.54) is 25.7 Å². The van der Waals surface area contributed by atoms with Crippen molar-refractivity contribution in [3.05, 3.63) is 0 Å². The lowest BCUT2D eigenvalue weighted by Gasteiger charge is -2.26. The summed E-state index contributed by atoms with van der Waals surface area (Å²) in [6, 6.07) is 0. The Labute approximate surface area is 79.7 Å². The summed E-state index contributed by atoms with van der Waals surface area (Å²) in [5.74, 6) is 1.04. The summed E-state index contributed by atoms with van der Waals surface area (Å²) in [6.45, 7) is 3.76. The third kappa shape index (κ3) is 1.52. The van der Waals surface area contributed by atoms with Gasteiger partial charge in [-0.05, 0) is 32.6 Å². The Morgan fingerprint density at radius 1 is 1.31 bits per heavy atom. The molecule has 1 saturated carbocycles. The molecule has 0 aromatic heterocycles. The number of ether oxygens (including phenoxy) is 1. The molecule has 13 heavy (non-hydrogen) atoms. The average Bonchev–Trinajstić information content (AvgIpc) is 2.39. The molecule has 0 radical (unpaired) electrons. The van der Waals surface area contributed by atoms with Crippen molar-refractivity contribution in [1.82, 2.24) is 0 Å². The van der Waals surface area contributed by atoms with Crippen LogP contribution in [0.3, 0.4) is 0 Å². The first-order valence-electron chi connectivity index (χ1n) is 5.36. The number of hydrogen-bond donors (Lipinski definition) is 0. The number of carbonyl (C=O) groups excluding carboxylic acids is 1. The Morgan fingerprint density at radius 2 is 2.00 bits per heavy atom. The van der Waals surface area contributed by atoms with Crippen LogP contribution in [-0.2, 0) is 9.53 Å². The Bertz CT molecular complexity index is 212. The van der Waals surface area contributed by atoms with Gasteiger partial charge >= 0.3 is 0 Å². The van der Waals surface area contributed by atoms with Gasteiger partial charge in [0, 0.05) is 5.92 Å². The third-order valence-corrected chi connectivity index (χ3v) is 3.58. The minimum Gasteiger partial charge on any atom is -0.374 e. The molecule has 1 aliphatic heterocycles. The molecule has 2 rings (SSSR count).